The van der Waals surface area contributed by atoms with Crippen molar-refractivity contribution in [2.24, 2.45) is 5.92 Å². The van der Waals surface area contributed by atoms with Crippen molar-refractivity contribution in [2.75, 3.05) is 13.1 Å². The standard InChI is InChI=1S/C19H29N5O2/c1-3-13(2)21-18(25)15-7-5-9-24(12-15)19(26)17-10-16(22-23-17)14-6-4-8-20-11-14/h4,6,8,11,13,15-17,22-23H,3,5,7,9-10,12H2,1-2H3,(H,21,25). The Morgan fingerprint density at radius 3 is 3.00 bits per heavy atom. The zero-order chi connectivity index (χ0) is 18.5. The molecule has 142 valence electrons. The van der Waals surface area contributed by atoms with Crippen LogP contribution in [0.25, 0.3) is 0 Å². The molecule has 0 saturated carbocycles. The monoisotopic (exact) mass is 359 g/mol. The summed E-state index contributed by atoms with van der Waals surface area (Å²) < 4.78 is 0. The van der Waals surface area contributed by atoms with Gasteiger partial charge in [-0.25, -0.2) is 10.9 Å². The number of pyridine rings is 1. The van der Waals surface area contributed by atoms with Crippen LogP contribution in [-0.2, 0) is 9.59 Å². The van der Waals surface area contributed by atoms with Gasteiger partial charge >= 0.3 is 0 Å². The van der Waals surface area contributed by atoms with Gasteiger partial charge in [0, 0.05) is 37.6 Å². The summed E-state index contributed by atoms with van der Waals surface area (Å²) in [5.41, 5.74) is 7.38. The van der Waals surface area contributed by atoms with E-state index in [0.717, 1.165) is 31.4 Å². The van der Waals surface area contributed by atoms with Crippen LogP contribution in [0.5, 0.6) is 0 Å². The lowest BCUT2D eigenvalue weighted by atomic mass is 9.95. The van der Waals surface area contributed by atoms with Gasteiger partial charge in [0.25, 0.3) is 0 Å². The molecule has 0 aromatic carbocycles. The highest BCUT2D eigenvalue weighted by molar-refractivity contribution is 5.84. The summed E-state index contributed by atoms with van der Waals surface area (Å²) in [7, 11) is 0. The lowest BCUT2D eigenvalue weighted by Gasteiger charge is -2.34. The van der Waals surface area contributed by atoms with Gasteiger partial charge in [-0.1, -0.05) is 13.0 Å². The summed E-state index contributed by atoms with van der Waals surface area (Å²) >= 11 is 0. The first-order chi connectivity index (χ1) is 12.6. The van der Waals surface area contributed by atoms with E-state index >= 15 is 0 Å². The minimum Gasteiger partial charge on any atom is -0.353 e. The third-order valence-electron chi connectivity index (χ3n) is 5.39. The summed E-state index contributed by atoms with van der Waals surface area (Å²) in [5, 5.41) is 3.05. The van der Waals surface area contributed by atoms with E-state index in [4.69, 9.17) is 0 Å². The molecule has 0 bridgehead atoms. The molecule has 2 amide bonds. The maximum absolute atomic E-state index is 12.9. The van der Waals surface area contributed by atoms with Gasteiger partial charge in [0.1, 0.15) is 6.04 Å². The van der Waals surface area contributed by atoms with E-state index in [9.17, 15) is 9.59 Å². The van der Waals surface area contributed by atoms with Crippen LogP contribution < -0.4 is 16.2 Å². The lowest BCUT2D eigenvalue weighted by Crippen LogP contribution is -2.51. The van der Waals surface area contributed by atoms with Crippen molar-refractivity contribution in [1.82, 2.24) is 26.1 Å². The van der Waals surface area contributed by atoms with Gasteiger partial charge in [0.15, 0.2) is 0 Å². The minimum atomic E-state index is -0.267. The number of nitrogens with zero attached hydrogens (tertiary/aromatic N) is 2. The first-order valence-corrected chi connectivity index (χ1v) is 9.58. The van der Waals surface area contributed by atoms with E-state index in [1.165, 1.54) is 0 Å². The summed E-state index contributed by atoms with van der Waals surface area (Å²) in [4.78, 5) is 31.3. The summed E-state index contributed by atoms with van der Waals surface area (Å²) in [6, 6.07) is 3.89. The number of nitrogens with one attached hydrogen (secondary N) is 3. The van der Waals surface area contributed by atoms with Crippen LogP contribution in [0.3, 0.4) is 0 Å². The number of carbonyl (C=O) groups excluding carboxylic acids is 2. The van der Waals surface area contributed by atoms with Gasteiger partial charge in [0.05, 0.1) is 5.92 Å². The number of rotatable bonds is 5. The quantitative estimate of drug-likeness (QED) is 0.734. The van der Waals surface area contributed by atoms with Crippen LogP contribution >= 0.6 is 0 Å². The molecule has 7 nitrogen and oxygen atoms in total. The van der Waals surface area contributed by atoms with E-state index in [0.29, 0.717) is 13.0 Å². The Morgan fingerprint density at radius 2 is 2.27 bits per heavy atom. The van der Waals surface area contributed by atoms with E-state index in [-0.39, 0.29) is 35.9 Å². The summed E-state index contributed by atoms with van der Waals surface area (Å²) in [6.45, 7) is 5.30. The number of amides is 2. The van der Waals surface area contributed by atoms with Crippen molar-refractivity contribution in [3.05, 3.63) is 30.1 Å². The number of hydrazine groups is 1. The van der Waals surface area contributed by atoms with Gasteiger partial charge in [0.2, 0.25) is 11.8 Å². The van der Waals surface area contributed by atoms with Crippen LogP contribution in [0, 0.1) is 5.92 Å². The summed E-state index contributed by atoms with van der Waals surface area (Å²) in [5.74, 6) is 0.0395. The molecule has 0 aliphatic carbocycles. The minimum absolute atomic E-state index is 0.0718. The van der Waals surface area contributed by atoms with Crippen LogP contribution in [0.1, 0.15) is 51.1 Å². The number of aromatic nitrogens is 1. The van der Waals surface area contributed by atoms with Gasteiger partial charge in [-0.2, -0.15) is 0 Å². The normalized spacial score (nSPS) is 27.2. The van der Waals surface area contributed by atoms with E-state index < -0.39 is 0 Å². The second-order valence-electron chi connectivity index (χ2n) is 7.36. The maximum atomic E-state index is 12.9. The van der Waals surface area contributed by atoms with Crippen LogP contribution in [0.15, 0.2) is 24.5 Å². The predicted molar refractivity (Wildman–Crippen MR) is 98.9 cm³/mol. The molecule has 4 atom stereocenters. The third-order valence-corrected chi connectivity index (χ3v) is 5.39. The molecule has 26 heavy (non-hydrogen) atoms. The zero-order valence-electron chi connectivity index (χ0n) is 15.6. The lowest BCUT2D eigenvalue weighted by molar-refractivity contribution is -0.137. The highest BCUT2D eigenvalue weighted by Gasteiger charge is 2.36. The van der Waals surface area contributed by atoms with Gasteiger partial charge in [-0.3, -0.25) is 14.6 Å². The molecule has 2 aliphatic rings. The number of piperidine rings is 1. The fourth-order valence-corrected chi connectivity index (χ4v) is 3.59. The Hall–Kier alpha value is -1.99. The van der Waals surface area contributed by atoms with Crippen LogP contribution in [0.2, 0.25) is 0 Å². The molecule has 2 fully saturated rings. The zero-order valence-corrected chi connectivity index (χ0v) is 15.6. The first kappa shape index (κ1) is 18.8. The third kappa shape index (κ3) is 4.40. The van der Waals surface area contributed by atoms with Gasteiger partial charge in [-0.15, -0.1) is 0 Å². The van der Waals surface area contributed by atoms with Crippen molar-refractivity contribution < 1.29 is 9.59 Å². The Morgan fingerprint density at radius 1 is 1.42 bits per heavy atom. The van der Waals surface area contributed by atoms with E-state index in [1.54, 1.807) is 6.20 Å². The molecule has 4 unspecified atom stereocenters. The van der Waals surface area contributed by atoms with Crippen molar-refractivity contribution >= 4 is 11.8 Å². The molecule has 2 aliphatic heterocycles. The Kier molecular flexibility index (Phi) is 6.21. The molecular formula is C19H29N5O2. The SMILES string of the molecule is CCC(C)NC(=O)C1CCCN(C(=O)C2CC(c3cccnc3)NN2)C1. The molecular weight excluding hydrogens is 330 g/mol. The van der Waals surface area contributed by atoms with Crippen molar-refractivity contribution in [2.45, 2.75) is 57.7 Å². The molecule has 3 N–H and O–H groups in total. The second kappa shape index (κ2) is 8.60. The second-order valence-corrected chi connectivity index (χ2v) is 7.36. The topological polar surface area (TPSA) is 86.4 Å². The number of hydrogen-bond acceptors (Lipinski definition) is 5. The molecule has 0 spiro atoms. The van der Waals surface area contributed by atoms with Crippen molar-refractivity contribution in [3.8, 4) is 0 Å². The number of likely N-dealkylation sites (tertiary alicyclic amines) is 1. The molecule has 0 radical (unpaired) electrons. The van der Waals surface area contributed by atoms with Crippen LogP contribution in [-0.4, -0.2) is 46.9 Å². The van der Waals surface area contributed by atoms with E-state index in [2.05, 4.69) is 28.1 Å². The first-order valence-electron chi connectivity index (χ1n) is 9.58. The fourth-order valence-electron chi connectivity index (χ4n) is 3.59. The Bertz CT molecular complexity index is 624. The van der Waals surface area contributed by atoms with E-state index in [1.807, 2.05) is 30.2 Å². The molecule has 2 saturated heterocycles. The number of hydrogen-bond donors (Lipinski definition) is 3. The average Bonchev–Trinajstić information content (AvgIpc) is 3.18. The predicted octanol–water partition coefficient (Wildman–Crippen LogP) is 1.14. The molecule has 3 heterocycles. The number of carbonyl (C=O) groups is 2. The summed E-state index contributed by atoms with van der Waals surface area (Å²) in [6.07, 6.45) is 6.88. The largest absolute Gasteiger partial charge is 0.353 e. The fraction of sp³-hybridized carbons (Fsp3) is 0.632. The molecule has 3 rings (SSSR count). The highest BCUT2D eigenvalue weighted by Crippen LogP contribution is 2.24. The van der Waals surface area contributed by atoms with Crippen LogP contribution in [0.4, 0.5) is 0 Å². The Labute approximate surface area is 154 Å². The molecule has 7 heteroatoms. The highest BCUT2D eigenvalue weighted by atomic mass is 16.2. The van der Waals surface area contributed by atoms with Crippen molar-refractivity contribution in [1.29, 1.82) is 0 Å². The molecule has 1 aromatic rings. The maximum Gasteiger partial charge on any atom is 0.241 e. The van der Waals surface area contributed by atoms with Gasteiger partial charge in [-0.05, 0) is 44.2 Å². The smallest absolute Gasteiger partial charge is 0.241 e. The van der Waals surface area contributed by atoms with Crippen molar-refractivity contribution in [3.63, 3.8) is 0 Å². The average molecular weight is 359 g/mol. The Balaban J connectivity index is 1.55. The molecule has 1 aromatic heterocycles. The van der Waals surface area contributed by atoms with Gasteiger partial charge < -0.3 is 10.2 Å².